The van der Waals surface area contributed by atoms with Crippen molar-refractivity contribution in [1.29, 1.82) is 0 Å². The average molecular weight is 300 g/mol. The van der Waals surface area contributed by atoms with Gasteiger partial charge in [-0.15, -0.1) is 0 Å². The normalized spacial score (nSPS) is 14.9. The van der Waals surface area contributed by atoms with Gasteiger partial charge in [0.15, 0.2) is 5.75 Å². The van der Waals surface area contributed by atoms with Crippen LogP contribution in [0.4, 0.5) is 5.69 Å². The molecule has 1 aliphatic carbocycles. The van der Waals surface area contributed by atoms with Crippen LogP contribution in [0.2, 0.25) is 10.0 Å². The molecule has 1 aliphatic rings. The molecule has 2 rings (SSSR count). The summed E-state index contributed by atoms with van der Waals surface area (Å²) in [5, 5.41) is 12.9. The largest absolute Gasteiger partial charge is 0.504 e. The van der Waals surface area contributed by atoms with Crippen molar-refractivity contribution >= 4 is 34.8 Å². The van der Waals surface area contributed by atoms with E-state index in [1.807, 2.05) is 0 Å². The number of rotatable bonds is 3. The molecule has 0 aliphatic heterocycles. The van der Waals surface area contributed by atoms with E-state index in [-0.39, 0.29) is 22.4 Å². The Morgan fingerprint density at radius 3 is 2.79 bits per heavy atom. The zero-order chi connectivity index (χ0) is 13.8. The third-order valence-corrected chi connectivity index (χ3v) is 3.58. The van der Waals surface area contributed by atoms with Crippen LogP contribution in [0, 0.1) is 0 Å². The molecule has 1 aromatic rings. The van der Waals surface area contributed by atoms with E-state index in [1.54, 1.807) is 0 Å². The highest BCUT2D eigenvalue weighted by Gasteiger charge is 2.13. The SMILES string of the molecule is O=C(CC1=CCCCC1)Nc1cc(Cl)cc(Cl)c1O. The van der Waals surface area contributed by atoms with Gasteiger partial charge in [-0.25, -0.2) is 0 Å². The van der Waals surface area contributed by atoms with E-state index >= 15 is 0 Å². The number of carbonyl (C=O) groups excluding carboxylic acids is 1. The van der Waals surface area contributed by atoms with Gasteiger partial charge in [-0.05, 0) is 37.8 Å². The lowest BCUT2D eigenvalue weighted by molar-refractivity contribution is -0.115. The number of hydrogen-bond donors (Lipinski definition) is 2. The number of benzene rings is 1. The van der Waals surface area contributed by atoms with Gasteiger partial charge in [0.05, 0.1) is 10.7 Å². The quantitative estimate of drug-likeness (QED) is 0.636. The lowest BCUT2D eigenvalue weighted by Gasteiger charge is -2.13. The molecule has 19 heavy (non-hydrogen) atoms. The highest BCUT2D eigenvalue weighted by molar-refractivity contribution is 6.36. The number of hydrogen-bond acceptors (Lipinski definition) is 2. The molecule has 0 saturated carbocycles. The summed E-state index contributed by atoms with van der Waals surface area (Å²) in [6, 6.07) is 2.91. The van der Waals surface area contributed by atoms with Crippen molar-refractivity contribution in [3.8, 4) is 5.75 Å². The highest BCUT2D eigenvalue weighted by atomic mass is 35.5. The summed E-state index contributed by atoms with van der Waals surface area (Å²) in [6.07, 6.45) is 6.80. The van der Waals surface area contributed by atoms with E-state index in [4.69, 9.17) is 23.2 Å². The Morgan fingerprint density at radius 2 is 2.11 bits per heavy atom. The summed E-state index contributed by atoms with van der Waals surface area (Å²) in [5.74, 6) is -0.321. The Kier molecular flexibility index (Phi) is 4.72. The minimum Gasteiger partial charge on any atom is -0.504 e. The van der Waals surface area contributed by atoms with Gasteiger partial charge in [-0.3, -0.25) is 4.79 Å². The monoisotopic (exact) mass is 299 g/mol. The molecule has 0 heterocycles. The molecular formula is C14H15Cl2NO2. The molecule has 0 spiro atoms. The molecule has 0 radical (unpaired) electrons. The van der Waals surface area contributed by atoms with E-state index in [9.17, 15) is 9.90 Å². The lowest BCUT2D eigenvalue weighted by Crippen LogP contribution is -2.13. The van der Waals surface area contributed by atoms with Crippen LogP contribution in [-0.2, 0) is 4.79 Å². The number of phenols is 1. The first kappa shape index (κ1) is 14.2. The first-order valence-electron chi connectivity index (χ1n) is 6.22. The lowest BCUT2D eigenvalue weighted by atomic mass is 9.97. The van der Waals surface area contributed by atoms with Gasteiger partial charge in [0, 0.05) is 11.4 Å². The predicted octanol–water partition coefficient (Wildman–Crippen LogP) is 4.53. The number of allylic oxidation sites excluding steroid dienone is 1. The molecule has 2 N–H and O–H groups in total. The van der Waals surface area contributed by atoms with Crippen molar-refractivity contribution in [3.63, 3.8) is 0 Å². The van der Waals surface area contributed by atoms with E-state index in [2.05, 4.69) is 11.4 Å². The van der Waals surface area contributed by atoms with Crippen LogP contribution >= 0.6 is 23.2 Å². The molecule has 0 atom stereocenters. The van der Waals surface area contributed by atoms with Crippen molar-refractivity contribution in [2.24, 2.45) is 0 Å². The zero-order valence-corrected chi connectivity index (χ0v) is 11.9. The van der Waals surface area contributed by atoms with Gasteiger partial charge in [0.25, 0.3) is 0 Å². The van der Waals surface area contributed by atoms with E-state index < -0.39 is 0 Å². The number of aromatic hydroxyl groups is 1. The van der Waals surface area contributed by atoms with Crippen LogP contribution in [0.3, 0.4) is 0 Å². The fourth-order valence-corrected chi connectivity index (χ4v) is 2.62. The molecule has 0 saturated heterocycles. The first-order valence-corrected chi connectivity index (χ1v) is 6.97. The fraction of sp³-hybridized carbons (Fsp3) is 0.357. The van der Waals surface area contributed by atoms with E-state index in [1.165, 1.54) is 18.6 Å². The second kappa shape index (κ2) is 6.31. The summed E-state index contributed by atoms with van der Waals surface area (Å²) in [6.45, 7) is 0. The molecular weight excluding hydrogens is 285 g/mol. The predicted molar refractivity (Wildman–Crippen MR) is 77.9 cm³/mol. The van der Waals surface area contributed by atoms with Gasteiger partial charge >= 0.3 is 0 Å². The number of phenolic OH excluding ortho intramolecular Hbond substituents is 1. The number of amides is 1. The minimum atomic E-state index is -0.165. The Balaban J connectivity index is 2.04. The summed E-state index contributed by atoms with van der Waals surface area (Å²) in [7, 11) is 0. The molecule has 3 nitrogen and oxygen atoms in total. The van der Waals surface area contributed by atoms with Gasteiger partial charge in [0.2, 0.25) is 5.91 Å². The van der Waals surface area contributed by atoms with Crippen molar-refractivity contribution in [3.05, 3.63) is 33.8 Å². The van der Waals surface area contributed by atoms with Crippen molar-refractivity contribution in [2.75, 3.05) is 5.32 Å². The third kappa shape index (κ3) is 3.88. The molecule has 1 amide bonds. The fourth-order valence-electron chi connectivity index (χ4n) is 2.13. The average Bonchev–Trinajstić information content (AvgIpc) is 2.36. The summed E-state index contributed by atoms with van der Waals surface area (Å²) in [4.78, 5) is 11.9. The molecule has 0 bridgehead atoms. The molecule has 0 fully saturated rings. The summed E-state index contributed by atoms with van der Waals surface area (Å²) >= 11 is 11.6. The van der Waals surface area contributed by atoms with Gasteiger partial charge in [-0.1, -0.05) is 34.9 Å². The molecule has 0 unspecified atom stereocenters. The van der Waals surface area contributed by atoms with Crippen molar-refractivity contribution in [2.45, 2.75) is 32.1 Å². The number of halogens is 2. The molecule has 1 aromatic carbocycles. The maximum atomic E-state index is 11.9. The molecule has 0 aromatic heterocycles. The number of anilines is 1. The standard InChI is InChI=1S/C14H15Cl2NO2/c15-10-7-11(16)14(19)12(8-10)17-13(18)6-9-4-2-1-3-5-9/h4,7-8,19H,1-3,5-6H2,(H,17,18). The zero-order valence-electron chi connectivity index (χ0n) is 10.4. The Hall–Kier alpha value is -1.19. The third-order valence-electron chi connectivity index (χ3n) is 3.07. The van der Waals surface area contributed by atoms with Crippen LogP contribution in [-0.4, -0.2) is 11.0 Å². The van der Waals surface area contributed by atoms with Gasteiger partial charge in [-0.2, -0.15) is 0 Å². The second-order valence-corrected chi connectivity index (χ2v) is 5.46. The second-order valence-electron chi connectivity index (χ2n) is 4.62. The molecule has 102 valence electrons. The van der Waals surface area contributed by atoms with Crippen LogP contribution in [0.25, 0.3) is 0 Å². The van der Waals surface area contributed by atoms with E-state index in [0.717, 1.165) is 24.8 Å². The van der Waals surface area contributed by atoms with E-state index in [0.29, 0.717) is 11.4 Å². The maximum absolute atomic E-state index is 11.9. The minimum absolute atomic E-state index is 0.125. The van der Waals surface area contributed by atoms with Crippen LogP contribution in [0.5, 0.6) is 5.75 Å². The smallest absolute Gasteiger partial charge is 0.228 e. The summed E-state index contributed by atoms with van der Waals surface area (Å²) < 4.78 is 0. The molecule has 5 heteroatoms. The van der Waals surface area contributed by atoms with Crippen LogP contribution in [0.1, 0.15) is 32.1 Å². The van der Waals surface area contributed by atoms with Gasteiger partial charge in [0.1, 0.15) is 0 Å². The Bertz CT molecular complexity index is 526. The Morgan fingerprint density at radius 1 is 1.32 bits per heavy atom. The first-order chi connectivity index (χ1) is 9.06. The number of nitrogens with one attached hydrogen (secondary N) is 1. The van der Waals surface area contributed by atoms with Gasteiger partial charge < -0.3 is 10.4 Å². The number of carbonyl (C=O) groups is 1. The summed E-state index contributed by atoms with van der Waals surface area (Å²) in [5.41, 5.74) is 1.40. The van der Waals surface area contributed by atoms with Crippen molar-refractivity contribution < 1.29 is 9.90 Å². The topological polar surface area (TPSA) is 49.3 Å². The van der Waals surface area contributed by atoms with Crippen LogP contribution in [0.15, 0.2) is 23.8 Å². The van der Waals surface area contributed by atoms with Crippen LogP contribution < -0.4 is 5.32 Å². The maximum Gasteiger partial charge on any atom is 0.228 e. The van der Waals surface area contributed by atoms with Crippen molar-refractivity contribution in [1.82, 2.24) is 0 Å². The Labute approximate surface area is 122 Å². The highest BCUT2D eigenvalue weighted by Crippen LogP contribution is 2.35.